The first-order valence-electron chi connectivity index (χ1n) is 18.8. The molecule has 9 aromatic carbocycles. The van der Waals surface area contributed by atoms with Gasteiger partial charge < -0.3 is 14.9 Å². The van der Waals surface area contributed by atoms with Crippen molar-refractivity contribution >= 4 is 65.8 Å². The van der Waals surface area contributed by atoms with E-state index >= 15 is 0 Å². The van der Waals surface area contributed by atoms with Crippen LogP contribution in [-0.4, -0.2) is 9.55 Å². The van der Waals surface area contributed by atoms with Crippen molar-refractivity contribution < 1.29 is 0 Å². The van der Waals surface area contributed by atoms with Crippen molar-refractivity contribution in [2.24, 2.45) is 0 Å². The van der Waals surface area contributed by atoms with Crippen LogP contribution in [0.2, 0.25) is 0 Å². The quantitative estimate of drug-likeness (QED) is 0.178. The smallest absolute Gasteiger partial charge is 0.0562 e. The Morgan fingerprint density at radius 1 is 0.364 bits per heavy atom. The van der Waals surface area contributed by atoms with Crippen LogP contribution in [0.5, 0.6) is 0 Å². The molecular formula is C52H35N3. The molecule has 258 valence electrons. The number of aromatic amines is 1. The molecule has 2 aromatic heterocycles. The maximum absolute atomic E-state index is 3.76. The molecular weight excluding hydrogens is 667 g/mol. The summed E-state index contributed by atoms with van der Waals surface area (Å²) in [5.74, 6) is 0. The SMILES string of the molecule is c1ccc(-c2cccc(-n3c4ccc(-c5ccc(Nc6ccc7ccccc7c6)c(-c6ccccc6)c5)cc4c4cc5c(cc43)[nH]c3ccccc35)c2)cc1. The van der Waals surface area contributed by atoms with Crippen molar-refractivity contribution in [3.63, 3.8) is 0 Å². The Balaban J connectivity index is 1.10. The maximum atomic E-state index is 3.76. The van der Waals surface area contributed by atoms with E-state index in [1.54, 1.807) is 0 Å². The van der Waals surface area contributed by atoms with Crippen molar-refractivity contribution in [2.75, 3.05) is 5.32 Å². The number of H-pyrrole nitrogens is 1. The zero-order valence-electron chi connectivity index (χ0n) is 30.0. The predicted octanol–water partition coefficient (Wildman–Crippen LogP) is 14.3. The van der Waals surface area contributed by atoms with Crippen LogP contribution in [0.25, 0.3) is 93.5 Å². The zero-order chi connectivity index (χ0) is 36.3. The number of hydrogen-bond acceptors (Lipinski definition) is 1. The fraction of sp³-hybridized carbons (Fsp3) is 0. The van der Waals surface area contributed by atoms with Crippen LogP contribution in [-0.2, 0) is 0 Å². The van der Waals surface area contributed by atoms with Gasteiger partial charge in [-0.15, -0.1) is 0 Å². The molecule has 0 aliphatic heterocycles. The van der Waals surface area contributed by atoms with Gasteiger partial charge in [0.1, 0.15) is 0 Å². The van der Waals surface area contributed by atoms with Crippen LogP contribution in [0.3, 0.4) is 0 Å². The minimum Gasteiger partial charge on any atom is -0.355 e. The Kier molecular flexibility index (Phi) is 7.17. The van der Waals surface area contributed by atoms with Crippen LogP contribution in [0.1, 0.15) is 0 Å². The van der Waals surface area contributed by atoms with E-state index < -0.39 is 0 Å². The largest absolute Gasteiger partial charge is 0.355 e. The fourth-order valence-corrected chi connectivity index (χ4v) is 8.39. The van der Waals surface area contributed by atoms with Crippen molar-refractivity contribution in [3.8, 4) is 39.1 Å². The zero-order valence-corrected chi connectivity index (χ0v) is 30.0. The van der Waals surface area contributed by atoms with E-state index in [0.717, 1.165) is 33.7 Å². The highest BCUT2D eigenvalue weighted by molar-refractivity contribution is 6.19. The summed E-state index contributed by atoms with van der Waals surface area (Å²) in [5.41, 5.74) is 15.0. The molecule has 0 radical (unpaired) electrons. The lowest BCUT2D eigenvalue weighted by Gasteiger charge is -2.15. The Bertz CT molecular complexity index is 3220. The first-order chi connectivity index (χ1) is 27.2. The molecule has 0 aliphatic carbocycles. The second kappa shape index (κ2) is 12.6. The lowest BCUT2D eigenvalue weighted by Crippen LogP contribution is -1.95. The van der Waals surface area contributed by atoms with Gasteiger partial charge in [0.2, 0.25) is 0 Å². The Labute approximate surface area is 318 Å². The Morgan fingerprint density at radius 3 is 1.93 bits per heavy atom. The van der Waals surface area contributed by atoms with E-state index in [9.17, 15) is 0 Å². The number of hydrogen-bond donors (Lipinski definition) is 2. The maximum Gasteiger partial charge on any atom is 0.0562 e. The minimum absolute atomic E-state index is 1.07. The number of nitrogens with one attached hydrogen (secondary N) is 2. The van der Waals surface area contributed by atoms with Crippen LogP contribution in [0.4, 0.5) is 11.4 Å². The van der Waals surface area contributed by atoms with Gasteiger partial charge in [-0.05, 0) is 105 Å². The van der Waals surface area contributed by atoms with Gasteiger partial charge in [0.15, 0.2) is 0 Å². The third-order valence-electron chi connectivity index (χ3n) is 11.1. The summed E-state index contributed by atoms with van der Waals surface area (Å²) >= 11 is 0. The summed E-state index contributed by atoms with van der Waals surface area (Å²) < 4.78 is 2.43. The van der Waals surface area contributed by atoms with Gasteiger partial charge in [0, 0.05) is 55.2 Å². The number of para-hydroxylation sites is 1. The van der Waals surface area contributed by atoms with E-state index in [2.05, 4.69) is 215 Å². The minimum atomic E-state index is 1.07. The van der Waals surface area contributed by atoms with Crippen LogP contribution in [0, 0.1) is 0 Å². The molecule has 0 atom stereocenters. The van der Waals surface area contributed by atoms with E-state index in [1.165, 1.54) is 71.2 Å². The molecule has 11 rings (SSSR count). The number of nitrogens with zero attached hydrogens (tertiary/aromatic N) is 1. The topological polar surface area (TPSA) is 32.8 Å². The summed E-state index contributed by atoms with van der Waals surface area (Å²) in [5, 5.41) is 11.1. The molecule has 0 saturated heterocycles. The molecule has 3 nitrogen and oxygen atoms in total. The van der Waals surface area contributed by atoms with Crippen LogP contribution >= 0.6 is 0 Å². The fourth-order valence-electron chi connectivity index (χ4n) is 8.39. The highest BCUT2D eigenvalue weighted by Crippen LogP contribution is 2.41. The molecule has 0 saturated carbocycles. The molecule has 2 N–H and O–H groups in total. The third kappa shape index (κ3) is 5.36. The van der Waals surface area contributed by atoms with Gasteiger partial charge >= 0.3 is 0 Å². The van der Waals surface area contributed by atoms with Crippen molar-refractivity contribution in [3.05, 3.63) is 200 Å². The number of anilines is 2. The Morgan fingerprint density at radius 2 is 1.05 bits per heavy atom. The van der Waals surface area contributed by atoms with Crippen molar-refractivity contribution in [2.45, 2.75) is 0 Å². The van der Waals surface area contributed by atoms with Gasteiger partial charge in [-0.25, -0.2) is 0 Å². The van der Waals surface area contributed by atoms with Crippen molar-refractivity contribution in [1.29, 1.82) is 0 Å². The molecule has 0 aliphatic rings. The van der Waals surface area contributed by atoms with Gasteiger partial charge in [-0.1, -0.05) is 133 Å². The average Bonchev–Trinajstić information content (AvgIpc) is 3.78. The molecule has 2 heterocycles. The summed E-state index contributed by atoms with van der Waals surface area (Å²) in [6.07, 6.45) is 0. The number of benzene rings is 9. The number of aromatic nitrogens is 2. The Hall–Kier alpha value is -7.36. The molecule has 3 heteroatoms. The highest BCUT2D eigenvalue weighted by Gasteiger charge is 2.18. The molecule has 0 unspecified atom stereocenters. The first-order valence-corrected chi connectivity index (χ1v) is 18.8. The second-order valence-electron chi connectivity index (χ2n) is 14.4. The lowest BCUT2D eigenvalue weighted by molar-refractivity contribution is 1.18. The molecule has 11 aromatic rings. The normalized spacial score (nSPS) is 11.6. The van der Waals surface area contributed by atoms with Crippen LogP contribution in [0.15, 0.2) is 200 Å². The summed E-state index contributed by atoms with van der Waals surface area (Å²) in [7, 11) is 0. The van der Waals surface area contributed by atoms with Crippen molar-refractivity contribution in [1.82, 2.24) is 9.55 Å². The number of rotatable bonds is 6. The molecule has 55 heavy (non-hydrogen) atoms. The van der Waals surface area contributed by atoms with Gasteiger partial charge in [0.25, 0.3) is 0 Å². The van der Waals surface area contributed by atoms with Gasteiger partial charge in [0.05, 0.1) is 11.0 Å². The van der Waals surface area contributed by atoms with Gasteiger partial charge in [-0.2, -0.15) is 0 Å². The molecule has 0 bridgehead atoms. The highest BCUT2D eigenvalue weighted by atomic mass is 15.0. The van der Waals surface area contributed by atoms with E-state index in [4.69, 9.17) is 0 Å². The van der Waals surface area contributed by atoms with E-state index in [1.807, 2.05) is 0 Å². The molecule has 0 amide bonds. The second-order valence-corrected chi connectivity index (χ2v) is 14.4. The summed E-state index contributed by atoms with van der Waals surface area (Å²) in [6, 6.07) is 72.4. The predicted molar refractivity (Wildman–Crippen MR) is 234 cm³/mol. The standard InChI is InChI=1S/C52H35N3/c1-3-12-34(13-4-1)38-18-11-19-42(29-38)55-51-27-24-40(31-46(51)47-32-45-43-20-9-10-21-48(43)54-50(45)33-52(47)55)39-23-26-49(44(30-39)36-15-5-2-6-16-36)53-41-25-22-35-14-7-8-17-37(35)28-41/h1-33,53-54H. The monoisotopic (exact) mass is 701 g/mol. The molecule has 0 spiro atoms. The van der Waals surface area contributed by atoms with Gasteiger partial charge in [-0.3, -0.25) is 0 Å². The van der Waals surface area contributed by atoms with Crippen LogP contribution < -0.4 is 5.32 Å². The lowest BCUT2D eigenvalue weighted by atomic mass is 9.96. The summed E-state index contributed by atoms with van der Waals surface area (Å²) in [6.45, 7) is 0. The number of fused-ring (bicyclic) bond motifs is 7. The van der Waals surface area contributed by atoms with E-state index in [0.29, 0.717) is 0 Å². The average molecular weight is 702 g/mol. The van der Waals surface area contributed by atoms with E-state index in [-0.39, 0.29) is 0 Å². The third-order valence-corrected chi connectivity index (χ3v) is 11.1. The summed E-state index contributed by atoms with van der Waals surface area (Å²) in [4.78, 5) is 3.70. The molecule has 0 fully saturated rings. The first kappa shape index (κ1) is 31.2.